The highest BCUT2D eigenvalue weighted by Gasteiger charge is 2.37. The molecule has 4 amide bonds. The Kier molecular flexibility index (Phi) is 4.21. The summed E-state index contributed by atoms with van der Waals surface area (Å²) in [5.74, 6) is -2.92. The molecule has 1 aliphatic heterocycles. The zero-order valence-corrected chi connectivity index (χ0v) is 14.2. The fourth-order valence-electron chi connectivity index (χ4n) is 2.78. The van der Waals surface area contributed by atoms with Crippen molar-refractivity contribution in [3.63, 3.8) is 0 Å². The third kappa shape index (κ3) is 2.79. The summed E-state index contributed by atoms with van der Waals surface area (Å²) in [7, 11) is 1.72. The molecule has 0 spiro atoms. The molecule has 1 saturated heterocycles. The van der Waals surface area contributed by atoms with Gasteiger partial charge in [0, 0.05) is 12.7 Å². The van der Waals surface area contributed by atoms with Crippen LogP contribution in [0.5, 0.6) is 0 Å². The van der Waals surface area contributed by atoms with Crippen LogP contribution in [0.15, 0.2) is 47.4 Å². The van der Waals surface area contributed by atoms with Crippen molar-refractivity contribution < 1.29 is 14.4 Å². The van der Waals surface area contributed by atoms with Crippen LogP contribution in [0.2, 0.25) is 0 Å². The van der Waals surface area contributed by atoms with Crippen LogP contribution in [-0.2, 0) is 16.6 Å². The van der Waals surface area contributed by atoms with Gasteiger partial charge in [0.1, 0.15) is 5.69 Å². The normalized spacial score (nSPS) is 14.8. The van der Waals surface area contributed by atoms with Gasteiger partial charge >= 0.3 is 6.03 Å². The van der Waals surface area contributed by atoms with E-state index < -0.39 is 23.8 Å². The van der Waals surface area contributed by atoms with Crippen LogP contribution in [0.1, 0.15) is 5.69 Å². The number of para-hydroxylation sites is 1. The molecule has 0 unspecified atom stereocenters. The number of benzene rings is 1. The first-order valence-electron chi connectivity index (χ1n) is 7.76. The van der Waals surface area contributed by atoms with E-state index in [4.69, 9.17) is 0 Å². The number of urea groups is 1. The molecule has 0 aliphatic carbocycles. The summed E-state index contributed by atoms with van der Waals surface area (Å²) in [5.41, 5.74) is 1.09. The fourth-order valence-corrected chi connectivity index (χ4v) is 2.78. The van der Waals surface area contributed by atoms with Gasteiger partial charge < -0.3 is 5.32 Å². The van der Waals surface area contributed by atoms with Gasteiger partial charge in [0.25, 0.3) is 5.56 Å². The largest absolute Gasteiger partial charge is 0.352 e. The third-order valence-corrected chi connectivity index (χ3v) is 4.19. The molecule has 26 heavy (non-hydrogen) atoms. The minimum atomic E-state index is -1.32. The Morgan fingerprint density at radius 3 is 2.23 bits per heavy atom. The molecule has 0 atom stereocenters. The molecule has 3 rings (SSSR count). The van der Waals surface area contributed by atoms with E-state index in [1.54, 1.807) is 30.8 Å². The van der Waals surface area contributed by atoms with Crippen molar-refractivity contribution in [2.75, 3.05) is 5.32 Å². The summed E-state index contributed by atoms with van der Waals surface area (Å²) in [6, 6.07) is 8.15. The van der Waals surface area contributed by atoms with Crippen molar-refractivity contribution in [2.24, 2.45) is 13.0 Å². The quantitative estimate of drug-likeness (QED) is 0.687. The zero-order chi connectivity index (χ0) is 19.0. The average Bonchev–Trinajstić information content (AvgIpc) is 2.78. The SMILES string of the molecule is C=C(Nc1c(C)n(C)n(-c2ccccc2)c1=O)C1C(=O)NC(=O)NC1=O. The minimum absolute atomic E-state index is 0.00138. The van der Waals surface area contributed by atoms with Crippen molar-refractivity contribution >= 4 is 23.5 Å². The molecule has 0 radical (unpaired) electrons. The van der Waals surface area contributed by atoms with Gasteiger partial charge in [-0.25, -0.2) is 9.48 Å². The molecule has 2 heterocycles. The lowest BCUT2D eigenvalue weighted by Crippen LogP contribution is -2.56. The maximum atomic E-state index is 12.8. The minimum Gasteiger partial charge on any atom is -0.352 e. The highest BCUT2D eigenvalue weighted by molar-refractivity contribution is 6.18. The predicted molar refractivity (Wildman–Crippen MR) is 93.7 cm³/mol. The van der Waals surface area contributed by atoms with Crippen LogP contribution in [0.25, 0.3) is 5.69 Å². The second-order valence-corrected chi connectivity index (χ2v) is 5.83. The van der Waals surface area contributed by atoms with Crippen molar-refractivity contribution in [3.05, 3.63) is 58.7 Å². The lowest BCUT2D eigenvalue weighted by Gasteiger charge is -2.22. The molecule has 1 aromatic heterocycles. The number of carbonyl (C=O) groups is 3. The molecular formula is C17H17N5O4. The molecule has 134 valence electrons. The van der Waals surface area contributed by atoms with Crippen molar-refractivity contribution in [3.8, 4) is 5.69 Å². The number of aromatic nitrogens is 2. The first kappa shape index (κ1) is 17.2. The molecule has 1 fully saturated rings. The Balaban J connectivity index is 1.95. The van der Waals surface area contributed by atoms with Crippen LogP contribution in [-0.4, -0.2) is 27.2 Å². The summed E-state index contributed by atoms with van der Waals surface area (Å²) < 4.78 is 3.10. The monoisotopic (exact) mass is 355 g/mol. The van der Waals surface area contributed by atoms with Gasteiger partial charge in [0.2, 0.25) is 11.8 Å². The number of nitrogens with zero attached hydrogens (tertiary/aromatic N) is 2. The van der Waals surface area contributed by atoms with Gasteiger partial charge in [-0.05, 0) is 19.1 Å². The summed E-state index contributed by atoms with van der Waals surface area (Å²) in [6.45, 7) is 5.42. The van der Waals surface area contributed by atoms with Crippen LogP contribution in [0, 0.1) is 12.8 Å². The van der Waals surface area contributed by atoms with E-state index in [-0.39, 0.29) is 16.9 Å². The Hall–Kier alpha value is -3.62. The summed E-state index contributed by atoms with van der Waals surface area (Å²) in [5, 5.41) is 6.77. The Bertz CT molecular complexity index is 967. The van der Waals surface area contributed by atoms with Gasteiger partial charge in [-0.15, -0.1) is 0 Å². The number of barbiturate groups is 1. The summed E-state index contributed by atoms with van der Waals surface area (Å²) >= 11 is 0. The number of nitrogens with one attached hydrogen (secondary N) is 3. The molecule has 9 heteroatoms. The Labute approximate surface area is 148 Å². The number of carbonyl (C=O) groups excluding carboxylic acids is 3. The molecule has 9 nitrogen and oxygen atoms in total. The number of anilines is 1. The number of hydrogen-bond donors (Lipinski definition) is 3. The molecule has 1 aromatic carbocycles. The van der Waals surface area contributed by atoms with E-state index in [1.807, 2.05) is 28.8 Å². The van der Waals surface area contributed by atoms with Crippen LogP contribution < -0.4 is 21.5 Å². The lowest BCUT2D eigenvalue weighted by molar-refractivity contribution is -0.134. The highest BCUT2D eigenvalue weighted by Crippen LogP contribution is 2.19. The van der Waals surface area contributed by atoms with Gasteiger partial charge in [0.05, 0.1) is 11.4 Å². The highest BCUT2D eigenvalue weighted by atomic mass is 16.2. The molecule has 0 saturated carbocycles. The molecule has 3 N–H and O–H groups in total. The Morgan fingerprint density at radius 2 is 1.65 bits per heavy atom. The van der Waals surface area contributed by atoms with Gasteiger partial charge in [0.15, 0.2) is 5.92 Å². The number of rotatable bonds is 4. The van der Waals surface area contributed by atoms with Gasteiger partial charge in [-0.2, -0.15) is 0 Å². The maximum Gasteiger partial charge on any atom is 0.328 e. The predicted octanol–water partition coefficient (Wildman–Crippen LogP) is 0.392. The van der Waals surface area contributed by atoms with Crippen molar-refractivity contribution in [1.29, 1.82) is 0 Å². The van der Waals surface area contributed by atoms with Gasteiger partial charge in [-0.1, -0.05) is 24.8 Å². The number of amides is 4. The van der Waals surface area contributed by atoms with E-state index in [0.29, 0.717) is 11.4 Å². The second kappa shape index (κ2) is 6.36. The average molecular weight is 355 g/mol. The standard InChI is InChI=1S/C17H17N5O4/c1-9(12-14(23)19-17(26)20-15(12)24)18-13-10(2)21(3)22(16(13)25)11-7-5-4-6-8-11/h4-8,12,18H,1H2,2-3H3,(H2,19,20,23,24,26). The van der Waals surface area contributed by atoms with Crippen molar-refractivity contribution in [2.45, 2.75) is 6.92 Å². The number of hydrogen-bond acceptors (Lipinski definition) is 5. The molecule has 1 aliphatic rings. The second-order valence-electron chi connectivity index (χ2n) is 5.83. The number of imide groups is 2. The van der Waals surface area contributed by atoms with E-state index in [2.05, 4.69) is 11.9 Å². The molecular weight excluding hydrogens is 338 g/mol. The van der Waals surface area contributed by atoms with Crippen LogP contribution >= 0.6 is 0 Å². The molecule has 0 bridgehead atoms. The fraction of sp³-hybridized carbons (Fsp3) is 0.176. The van der Waals surface area contributed by atoms with E-state index >= 15 is 0 Å². The first-order chi connectivity index (χ1) is 12.3. The zero-order valence-electron chi connectivity index (χ0n) is 14.2. The van der Waals surface area contributed by atoms with Crippen LogP contribution in [0.4, 0.5) is 10.5 Å². The summed E-state index contributed by atoms with van der Waals surface area (Å²) in [4.78, 5) is 47.8. The van der Waals surface area contributed by atoms with E-state index in [1.165, 1.54) is 4.68 Å². The van der Waals surface area contributed by atoms with Crippen molar-refractivity contribution in [1.82, 2.24) is 20.0 Å². The van der Waals surface area contributed by atoms with Crippen LogP contribution in [0.3, 0.4) is 0 Å². The maximum absolute atomic E-state index is 12.8. The first-order valence-corrected chi connectivity index (χ1v) is 7.76. The lowest BCUT2D eigenvalue weighted by atomic mass is 10.0. The van der Waals surface area contributed by atoms with E-state index in [0.717, 1.165) is 0 Å². The molecule has 2 aromatic rings. The summed E-state index contributed by atoms with van der Waals surface area (Å²) in [6.07, 6.45) is 0. The Morgan fingerprint density at radius 1 is 1.08 bits per heavy atom. The van der Waals surface area contributed by atoms with Gasteiger partial charge in [-0.3, -0.25) is 29.7 Å². The topological polar surface area (TPSA) is 114 Å². The van der Waals surface area contributed by atoms with E-state index in [9.17, 15) is 19.2 Å². The smallest absolute Gasteiger partial charge is 0.328 e. The third-order valence-electron chi connectivity index (χ3n) is 4.19.